The number of H-pyrrole nitrogens is 1. The fourth-order valence-corrected chi connectivity index (χ4v) is 4.39. The summed E-state index contributed by atoms with van der Waals surface area (Å²) in [6.07, 6.45) is 2.96. The molecule has 2 aliphatic heterocycles. The first-order valence-electron chi connectivity index (χ1n) is 12.5. The van der Waals surface area contributed by atoms with E-state index < -0.39 is 11.7 Å². The molecule has 0 radical (unpaired) electrons. The lowest BCUT2D eigenvalue weighted by molar-refractivity contribution is -0.231. The fourth-order valence-electron chi connectivity index (χ4n) is 4.39. The van der Waals surface area contributed by atoms with Gasteiger partial charge in [0.1, 0.15) is 5.82 Å². The summed E-state index contributed by atoms with van der Waals surface area (Å²) >= 11 is 0. The maximum Gasteiger partial charge on any atom is 0.230 e. The number of ether oxygens (including phenoxy) is 3. The fraction of sp³-hybridized carbons (Fsp3) is 0.462. The molecule has 3 aromatic rings. The Morgan fingerprint density at radius 2 is 1.84 bits per heavy atom. The summed E-state index contributed by atoms with van der Waals surface area (Å²) in [4.78, 5) is 32.1. The van der Waals surface area contributed by atoms with Gasteiger partial charge in [0.2, 0.25) is 18.1 Å². The van der Waals surface area contributed by atoms with Crippen LogP contribution in [0.25, 0.3) is 22.6 Å². The second kappa shape index (κ2) is 9.81. The van der Waals surface area contributed by atoms with Crippen LogP contribution in [0.4, 0.5) is 10.3 Å². The van der Waals surface area contributed by atoms with Crippen molar-refractivity contribution in [1.29, 1.82) is 0 Å². The van der Waals surface area contributed by atoms with Crippen molar-refractivity contribution in [3.63, 3.8) is 0 Å². The Kier molecular flexibility index (Phi) is 6.35. The molecule has 0 spiro atoms. The molecule has 0 bridgehead atoms. The van der Waals surface area contributed by atoms with Gasteiger partial charge >= 0.3 is 0 Å². The maximum absolute atomic E-state index is 13.7. The molecule has 6 rings (SSSR count). The van der Waals surface area contributed by atoms with E-state index in [2.05, 4.69) is 20.2 Å². The van der Waals surface area contributed by atoms with Gasteiger partial charge in [-0.1, -0.05) is 0 Å². The van der Waals surface area contributed by atoms with Gasteiger partial charge in [0.05, 0.1) is 48.9 Å². The summed E-state index contributed by atoms with van der Waals surface area (Å²) in [6, 6.07) is 8.20. The lowest BCUT2D eigenvalue weighted by atomic mass is 9.91. The van der Waals surface area contributed by atoms with E-state index in [0.29, 0.717) is 55.2 Å². The van der Waals surface area contributed by atoms with E-state index in [1.54, 1.807) is 24.4 Å². The Morgan fingerprint density at radius 1 is 1.11 bits per heavy atom. The van der Waals surface area contributed by atoms with Crippen LogP contribution in [0.3, 0.4) is 0 Å². The third-order valence-corrected chi connectivity index (χ3v) is 6.82. The van der Waals surface area contributed by atoms with Gasteiger partial charge in [-0.25, -0.2) is 19.3 Å². The normalized spacial score (nSPS) is 24.2. The van der Waals surface area contributed by atoms with E-state index in [1.165, 1.54) is 12.1 Å². The number of halogens is 1. The highest BCUT2D eigenvalue weighted by Gasteiger charge is 2.42. The number of amides is 1. The number of carbonyl (C=O) groups is 1. The number of imidazole rings is 1. The van der Waals surface area contributed by atoms with Crippen molar-refractivity contribution in [2.24, 2.45) is 5.41 Å². The predicted molar refractivity (Wildman–Crippen MR) is 132 cm³/mol. The number of morpholine rings is 1. The Bertz CT molecular complexity index is 1260. The molecule has 1 saturated carbocycles. The van der Waals surface area contributed by atoms with Gasteiger partial charge in [-0.2, -0.15) is 0 Å². The molecule has 0 atom stereocenters. The summed E-state index contributed by atoms with van der Waals surface area (Å²) in [7, 11) is 0. The Labute approximate surface area is 213 Å². The number of hydrogen-bond donors (Lipinski definition) is 2. The molecule has 2 saturated heterocycles. The summed E-state index contributed by atoms with van der Waals surface area (Å²) in [6.45, 7) is 4.90. The van der Waals surface area contributed by atoms with Crippen molar-refractivity contribution >= 4 is 11.9 Å². The highest BCUT2D eigenvalue weighted by molar-refractivity contribution is 5.83. The maximum atomic E-state index is 13.7. The molecule has 4 heterocycles. The third kappa shape index (κ3) is 5.07. The molecule has 2 aromatic heterocycles. The second-order valence-corrected chi connectivity index (χ2v) is 9.96. The zero-order chi connectivity index (χ0) is 25.4. The number of nitrogens with one attached hydrogen (secondary N) is 2. The molecule has 10 nitrogen and oxygen atoms in total. The van der Waals surface area contributed by atoms with Crippen LogP contribution >= 0.6 is 0 Å². The summed E-state index contributed by atoms with van der Waals surface area (Å²) in [5, 5.41) is 3.03. The van der Waals surface area contributed by atoms with Crippen LogP contribution in [0.5, 0.6) is 0 Å². The van der Waals surface area contributed by atoms with Gasteiger partial charge in [0.15, 0.2) is 5.82 Å². The van der Waals surface area contributed by atoms with Crippen molar-refractivity contribution in [2.75, 3.05) is 44.4 Å². The highest BCUT2D eigenvalue weighted by atomic mass is 19.1. The topological polar surface area (TPSA) is 114 Å². The van der Waals surface area contributed by atoms with Crippen LogP contribution in [0.2, 0.25) is 0 Å². The number of benzene rings is 1. The smallest absolute Gasteiger partial charge is 0.230 e. The van der Waals surface area contributed by atoms with Crippen LogP contribution in [0.1, 0.15) is 31.9 Å². The van der Waals surface area contributed by atoms with Gasteiger partial charge < -0.3 is 29.4 Å². The average molecular weight is 509 g/mol. The van der Waals surface area contributed by atoms with Crippen molar-refractivity contribution in [2.45, 2.75) is 32.1 Å². The number of nitrogens with zero attached hydrogens (tertiary/aromatic N) is 4. The second-order valence-electron chi connectivity index (χ2n) is 9.96. The Hall–Kier alpha value is -3.41. The van der Waals surface area contributed by atoms with Gasteiger partial charge in [0, 0.05) is 30.9 Å². The SMILES string of the molecule is CC1(C(=O)NC2CC2)COC(c2nc(-c3ccc(F)cc3)c(-c3ccnc(N4CCOCC4)n3)[nH]2)OC1. The van der Waals surface area contributed by atoms with Crippen molar-refractivity contribution in [3.8, 4) is 22.6 Å². The quantitative estimate of drug-likeness (QED) is 0.523. The van der Waals surface area contributed by atoms with Gasteiger partial charge in [-0.15, -0.1) is 0 Å². The van der Waals surface area contributed by atoms with Crippen molar-refractivity contribution in [3.05, 3.63) is 48.2 Å². The first kappa shape index (κ1) is 24.0. The van der Waals surface area contributed by atoms with Gasteiger partial charge in [-0.05, 0) is 50.1 Å². The number of hydrogen-bond acceptors (Lipinski definition) is 8. The van der Waals surface area contributed by atoms with Crippen LogP contribution in [0, 0.1) is 11.2 Å². The van der Waals surface area contributed by atoms with E-state index in [1.807, 2.05) is 6.92 Å². The van der Waals surface area contributed by atoms with Crippen LogP contribution in [-0.4, -0.2) is 71.4 Å². The standard InChI is InChI=1S/C26H29FN6O4/c1-26(24(34)29-18-6-7-18)14-36-23(37-15-26)22-31-20(16-2-4-17(27)5-3-16)21(32-22)19-8-9-28-25(30-19)33-10-12-35-13-11-33/h2-5,8-9,18,23H,6-7,10-15H2,1H3,(H,29,34)(H,31,32). The van der Waals surface area contributed by atoms with E-state index >= 15 is 0 Å². The zero-order valence-corrected chi connectivity index (χ0v) is 20.6. The summed E-state index contributed by atoms with van der Waals surface area (Å²) in [5.41, 5.74) is 1.82. The minimum Gasteiger partial charge on any atom is -0.378 e. The zero-order valence-electron chi connectivity index (χ0n) is 20.6. The van der Waals surface area contributed by atoms with Gasteiger partial charge in [-0.3, -0.25) is 4.79 Å². The monoisotopic (exact) mass is 508 g/mol. The van der Waals surface area contributed by atoms with E-state index in [0.717, 1.165) is 18.4 Å². The van der Waals surface area contributed by atoms with Crippen molar-refractivity contribution in [1.82, 2.24) is 25.3 Å². The molecule has 1 aromatic carbocycles. The van der Waals surface area contributed by atoms with E-state index in [9.17, 15) is 9.18 Å². The van der Waals surface area contributed by atoms with Crippen LogP contribution < -0.4 is 10.2 Å². The molecule has 1 amide bonds. The van der Waals surface area contributed by atoms with E-state index in [-0.39, 0.29) is 31.0 Å². The number of aromatic amines is 1. The predicted octanol–water partition coefficient (Wildman–Crippen LogP) is 2.84. The van der Waals surface area contributed by atoms with Gasteiger partial charge in [0.25, 0.3) is 0 Å². The molecule has 0 unspecified atom stereocenters. The van der Waals surface area contributed by atoms with Crippen LogP contribution in [-0.2, 0) is 19.0 Å². The largest absolute Gasteiger partial charge is 0.378 e. The van der Waals surface area contributed by atoms with Crippen LogP contribution in [0.15, 0.2) is 36.5 Å². The highest BCUT2D eigenvalue weighted by Crippen LogP contribution is 2.36. The summed E-state index contributed by atoms with van der Waals surface area (Å²) in [5.74, 6) is 0.660. The molecule has 11 heteroatoms. The van der Waals surface area contributed by atoms with Crippen molar-refractivity contribution < 1.29 is 23.4 Å². The molecule has 3 aliphatic rings. The summed E-state index contributed by atoms with van der Waals surface area (Å²) < 4.78 is 31.1. The Balaban J connectivity index is 1.29. The molecular weight excluding hydrogens is 479 g/mol. The lowest BCUT2D eigenvalue weighted by Crippen LogP contribution is -2.49. The van der Waals surface area contributed by atoms with E-state index in [4.69, 9.17) is 24.2 Å². The molecule has 3 fully saturated rings. The number of anilines is 1. The number of rotatable bonds is 6. The minimum absolute atomic E-state index is 0.0581. The Morgan fingerprint density at radius 3 is 2.54 bits per heavy atom. The number of aromatic nitrogens is 4. The first-order valence-corrected chi connectivity index (χ1v) is 12.5. The molecule has 194 valence electrons. The third-order valence-electron chi connectivity index (χ3n) is 6.82. The lowest BCUT2D eigenvalue weighted by Gasteiger charge is -2.35. The minimum atomic E-state index is -0.782. The first-order chi connectivity index (χ1) is 18.0. The molecular formula is C26H29FN6O4. The molecule has 1 aliphatic carbocycles. The number of carbonyl (C=O) groups excluding carboxylic acids is 1. The average Bonchev–Trinajstić information content (AvgIpc) is 3.64. The molecule has 2 N–H and O–H groups in total. The molecule has 37 heavy (non-hydrogen) atoms.